The van der Waals surface area contributed by atoms with E-state index >= 15 is 0 Å². The molecule has 0 unspecified atom stereocenters. The quantitative estimate of drug-likeness (QED) is 0.609. The molecule has 26 heavy (non-hydrogen) atoms. The average molecular weight is 346 g/mol. The fraction of sp³-hybridized carbons (Fsp3) is 0.158. The Hall–Kier alpha value is -3.48. The monoisotopic (exact) mass is 346 g/mol. The van der Waals surface area contributed by atoms with Crippen LogP contribution in [0.4, 0.5) is 11.6 Å². The van der Waals surface area contributed by atoms with E-state index in [2.05, 4.69) is 20.4 Å². The van der Waals surface area contributed by atoms with Crippen molar-refractivity contribution in [3.8, 4) is 17.1 Å². The number of nitrogens with one attached hydrogen (secondary N) is 1. The van der Waals surface area contributed by atoms with Gasteiger partial charge in [-0.15, -0.1) is 0 Å². The van der Waals surface area contributed by atoms with E-state index in [1.807, 2.05) is 50.4 Å². The van der Waals surface area contributed by atoms with Crippen LogP contribution in [-0.4, -0.2) is 31.8 Å². The van der Waals surface area contributed by atoms with Crippen LogP contribution in [0.2, 0.25) is 0 Å². The average Bonchev–Trinajstić information content (AvgIpc) is 2.99. The molecule has 0 bridgehead atoms. The van der Waals surface area contributed by atoms with Gasteiger partial charge < -0.3 is 10.1 Å². The third kappa shape index (κ3) is 2.95. The molecule has 7 heteroatoms. The molecule has 0 radical (unpaired) electrons. The van der Waals surface area contributed by atoms with Crippen LogP contribution in [-0.2, 0) is 7.05 Å². The van der Waals surface area contributed by atoms with Gasteiger partial charge in [-0.3, -0.25) is 9.67 Å². The maximum Gasteiger partial charge on any atom is 0.163 e. The summed E-state index contributed by atoms with van der Waals surface area (Å²) >= 11 is 0. The summed E-state index contributed by atoms with van der Waals surface area (Å²) in [7, 11) is 3.53. The number of anilines is 2. The van der Waals surface area contributed by atoms with Crippen molar-refractivity contribution in [1.82, 2.24) is 24.7 Å². The van der Waals surface area contributed by atoms with E-state index in [9.17, 15) is 0 Å². The number of fused-ring (bicyclic) bond motifs is 1. The maximum atomic E-state index is 5.36. The first-order valence-corrected chi connectivity index (χ1v) is 8.18. The van der Waals surface area contributed by atoms with Crippen molar-refractivity contribution in [2.75, 3.05) is 12.4 Å². The Labute approximate surface area is 150 Å². The number of nitrogens with zero attached hydrogens (tertiary/aromatic N) is 5. The first kappa shape index (κ1) is 16.0. The lowest BCUT2D eigenvalue weighted by Crippen LogP contribution is -2.03. The summed E-state index contributed by atoms with van der Waals surface area (Å²) < 4.78 is 7.14. The number of methoxy groups -OCH3 is 1. The van der Waals surface area contributed by atoms with Crippen LogP contribution >= 0.6 is 0 Å². The molecule has 1 N–H and O–H groups in total. The normalized spacial score (nSPS) is 10.9. The molecule has 0 aliphatic rings. The molecule has 0 spiro atoms. The molecular formula is C19H18N6O. The number of aryl methyl sites for hydroxylation is 2. The fourth-order valence-corrected chi connectivity index (χ4v) is 2.80. The van der Waals surface area contributed by atoms with Gasteiger partial charge in [0, 0.05) is 36.5 Å². The van der Waals surface area contributed by atoms with Crippen LogP contribution in [0, 0.1) is 6.92 Å². The smallest absolute Gasteiger partial charge is 0.163 e. The van der Waals surface area contributed by atoms with E-state index in [1.54, 1.807) is 24.2 Å². The molecule has 1 aromatic carbocycles. The lowest BCUT2D eigenvalue weighted by Gasteiger charge is -2.12. The predicted molar refractivity (Wildman–Crippen MR) is 101 cm³/mol. The Morgan fingerprint density at radius 1 is 1.12 bits per heavy atom. The Bertz CT molecular complexity index is 1070. The molecular weight excluding hydrogens is 328 g/mol. The first-order chi connectivity index (χ1) is 12.6. The molecule has 0 amide bonds. The Kier molecular flexibility index (Phi) is 3.96. The van der Waals surface area contributed by atoms with Gasteiger partial charge in [-0.1, -0.05) is 0 Å². The molecule has 7 nitrogen and oxygen atoms in total. The van der Waals surface area contributed by atoms with E-state index in [1.165, 1.54) is 0 Å². The van der Waals surface area contributed by atoms with E-state index in [0.29, 0.717) is 11.6 Å². The van der Waals surface area contributed by atoms with Gasteiger partial charge in [0.15, 0.2) is 5.82 Å². The minimum atomic E-state index is 0.608. The SMILES string of the molecule is COc1ccc2nc(-c3cccnc3)nc(Nc3cc(C)nn3C)c2c1. The second-order valence-corrected chi connectivity index (χ2v) is 5.94. The van der Waals surface area contributed by atoms with Crippen LogP contribution < -0.4 is 10.1 Å². The van der Waals surface area contributed by atoms with Gasteiger partial charge in [0.1, 0.15) is 17.4 Å². The highest BCUT2D eigenvalue weighted by atomic mass is 16.5. The second kappa shape index (κ2) is 6.44. The summed E-state index contributed by atoms with van der Waals surface area (Å²) in [6.07, 6.45) is 3.48. The number of aromatic nitrogens is 5. The zero-order chi connectivity index (χ0) is 18.1. The Morgan fingerprint density at radius 2 is 2.00 bits per heavy atom. The number of rotatable bonds is 4. The molecule has 0 atom stereocenters. The van der Waals surface area contributed by atoms with E-state index < -0.39 is 0 Å². The number of hydrogen-bond donors (Lipinski definition) is 1. The minimum Gasteiger partial charge on any atom is -0.497 e. The third-order valence-electron chi connectivity index (χ3n) is 4.07. The molecule has 0 aliphatic carbocycles. The van der Waals surface area contributed by atoms with Crippen molar-refractivity contribution < 1.29 is 4.74 Å². The number of pyridine rings is 1. The summed E-state index contributed by atoms with van der Waals surface area (Å²) in [6, 6.07) is 11.5. The molecule has 130 valence electrons. The van der Waals surface area contributed by atoms with Crippen LogP contribution in [0.1, 0.15) is 5.69 Å². The minimum absolute atomic E-state index is 0.608. The van der Waals surface area contributed by atoms with E-state index in [0.717, 1.165) is 33.7 Å². The second-order valence-electron chi connectivity index (χ2n) is 5.94. The summed E-state index contributed by atoms with van der Waals surface area (Å²) in [5.74, 6) is 2.90. The molecule has 0 fully saturated rings. The van der Waals surface area contributed by atoms with Crippen molar-refractivity contribution in [3.63, 3.8) is 0 Å². The van der Waals surface area contributed by atoms with Crippen molar-refractivity contribution in [2.45, 2.75) is 6.92 Å². The van der Waals surface area contributed by atoms with Gasteiger partial charge in [-0.2, -0.15) is 5.10 Å². The van der Waals surface area contributed by atoms with Gasteiger partial charge in [-0.05, 0) is 37.3 Å². The predicted octanol–water partition coefficient (Wildman–Crippen LogP) is 3.49. The molecule has 4 aromatic rings. The standard InChI is InChI=1S/C19H18N6O/c1-12-9-17(25(2)24-12)22-19-15-10-14(26-3)6-7-16(15)21-18(23-19)13-5-4-8-20-11-13/h4-11H,1-3H3,(H,21,22,23). The van der Waals surface area contributed by atoms with E-state index in [-0.39, 0.29) is 0 Å². The van der Waals surface area contributed by atoms with Gasteiger partial charge in [0.2, 0.25) is 0 Å². The molecule has 3 aromatic heterocycles. The van der Waals surface area contributed by atoms with Gasteiger partial charge in [-0.25, -0.2) is 9.97 Å². The zero-order valence-corrected chi connectivity index (χ0v) is 14.8. The lowest BCUT2D eigenvalue weighted by atomic mass is 10.2. The molecule has 3 heterocycles. The van der Waals surface area contributed by atoms with Crippen LogP contribution in [0.3, 0.4) is 0 Å². The van der Waals surface area contributed by atoms with Crippen molar-refractivity contribution in [2.24, 2.45) is 7.05 Å². The summed E-state index contributed by atoms with van der Waals surface area (Å²) in [4.78, 5) is 13.6. The molecule has 0 saturated heterocycles. The summed E-state index contributed by atoms with van der Waals surface area (Å²) in [5, 5.41) is 8.62. The van der Waals surface area contributed by atoms with Gasteiger partial charge in [0.05, 0.1) is 18.3 Å². The van der Waals surface area contributed by atoms with Gasteiger partial charge in [0.25, 0.3) is 0 Å². The lowest BCUT2D eigenvalue weighted by molar-refractivity contribution is 0.415. The maximum absolute atomic E-state index is 5.36. The third-order valence-corrected chi connectivity index (χ3v) is 4.07. The first-order valence-electron chi connectivity index (χ1n) is 8.18. The van der Waals surface area contributed by atoms with Gasteiger partial charge >= 0.3 is 0 Å². The fourth-order valence-electron chi connectivity index (χ4n) is 2.80. The highest BCUT2D eigenvalue weighted by Gasteiger charge is 2.13. The van der Waals surface area contributed by atoms with Crippen LogP contribution in [0.25, 0.3) is 22.3 Å². The van der Waals surface area contributed by atoms with Crippen molar-refractivity contribution in [3.05, 3.63) is 54.5 Å². The molecule has 4 rings (SSSR count). The van der Waals surface area contributed by atoms with E-state index in [4.69, 9.17) is 9.72 Å². The topological polar surface area (TPSA) is 77.8 Å². The summed E-state index contributed by atoms with van der Waals surface area (Å²) in [5.41, 5.74) is 2.61. The zero-order valence-electron chi connectivity index (χ0n) is 14.8. The highest BCUT2D eigenvalue weighted by Crippen LogP contribution is 2.29. The number of benzene rings is 1. The largest absolute Gasteiger partial charge is 0.497 e. The Balaban J connectivity index is 1.90. The highest BCUT2D eigenvalue weighted by molar-refractivity contribution is 5.93. The van der Waals surface area contributed by atoms with Crippen molar-refractivity contribution >= 4 is 22.5 Å². The molecule has 0 aliphatic heterocycles. The van der Waals surface area contributed by atoms with Crippen LogP contribution in [0.15, 0.2) is 48.8 Å². The van der Waals surface area contributed by atoms with Crippen molar-refractivity contribution in [1.29, 1.82) is 0 Å². The van der Waals surface area contributed by atoms with Crippen LogP contribution in [0.5, 0.6) is 5.75 Å². The number of hydrogen-bond acceptors (Lipinski definition) is 6. The number of ether oxygens (including phenoxy) is 1. The molecule has 0 saturated carbocycles. The summed E-state index contributed by atoms with van der Waals surface area (Å²) in [6.45, 7) is 1.95. The Morgan fingerprint density at radius 3 is 2.69 bits per heavy atom.